The molecule has 1 aliphatic heterocycles. The highest BCUT2D eigenvalue weighted by atomic mass is 16.5. The smallest absolute Gasteiger partial charge is 0.308 e. The maximum absolute atomic E-state index is 11.6. The van der Waals surface area contributed by atoms with Gasteiger partial charge >= 0.3 is 5.97 Å². The number of carbonyl (C=O) groups excluding carboxylic acids is 1. The average molecular weight is 403 g/mol. The Kier molecular flexibility index (Phi) is 5.89. The zero-order valence-electron chi connectivity index (χ0n) is 17.2. The number of nitrogens with zero attached hydrogens (tertiary/aromatic N) is 1. The van der Waals surface area contributed by atoms with Crippen LogP contribution in [0.25, 0.3) is 0 Å². The number of carbonyl (C=O) groups is 1. The molecule has 1 unspecified atom stereocenters. The van der Waals surface area contributed by atoms with Crippen molar-refractivity contribution in [3.8, 4) is 17.2 Å². The molecule has 1 atom stereocenters. The number of ether oxygens (including phenoxy) is 3. The summed E-state index contributed by atoms with van der Waals surface area (Å²) in [6, 6.07) is 23.9. The van der Waals surface area contributed by atoms with E-state index in [9.17, 15) is 4.79 Å². The van der Waals surface area contributed by atoms with Gasteiger partial charge in [-0.15, -0.1) is 0 Å². The Balaban J connectivity index is 1.40. The first-order chi connectivity index (χ1) is 14.7. The first kappa shape index (κ1) is 19.8. The van der Waals surface area contributed by atoms with Crippen molar-refractivity contribution in [1.29, 1.82) is 0 Å². The number of methoxy groups -OCH3 is 1. The maximum Gasteiger partial charge on any atom is 0.308 e. The molecule has 0 aromatic heterocycles. The Hall–Kier alpha value is -3.47. The van der Waals surface area contributed by atoms with Gasteiger partial charge in [0.25, 0.3) is 0 Å². The van der Waals surface area contributed by atoms with Crippen molar-refractivity contribution in [2.24, 2.45) is 5.92 Å². The molecule has 5 heteroatoms. The van der Waals surface area contributed by atoms with E-state index in [0.717, 1.165) is 34.2 Å². The Labute approximate surface area is 176 Å². The molecule has 0 amide bonds. The summed E-state index contributed by atoms with van der Waals surface area (Å²) in [6.45, 7) is 3.09. The van der Waals surface area contributed by atoms with E-state index in [0.29, 0.717) is 19.6 Å². The zero-order valence-corrected chi connectivity index (χ0v) is 17.2. The predicted molar refractivity (Wildman–Crippen MR) is 117 cm³/mol. The van der Waals surface area contributed by atoms with Gasteiger partial charge in [0.15, 0.2) is 11.5 Å². The number of hydrogen-bond donors (Lipinski definition) is 0. The Morgan fingerprint density at radius 1 is 0.933 bits per heavy atom. The first-order valence-electron chi connectivity index (χ1n) is 10.1. The second-order valence-electron chi connectivity index (χ2n) is 7.31. The molecule has 0 saturated carbocycles. The van der Waals surface area contributed by atoms with Gasteiger partial charge < -0.3 is 19.1 Å². The predicted octanol–water partition coefficient (Wildman–Crippen LogP) is 5.36. The lowest BCUT2D eigenvalue weighted by Crippen LogP contribution is -2.26. The molecule has 0 spiro atoms. The van der Waals surface area contributed by atoms with Gasteiger partial charge in [-0.1, -0.05) is 43.3 Å². The second kappa shape index (κ2) is 8.91. The molecule has 1 aliphatic rings. The molecule has 154 valence electrons. The Bertz CT molecular complexity index is 970. The second-order valence-corrected chi connectivity index (χ2v) is 7.31. The molecule has 1 heterocycles. The summed E-state index contributed by atoms with van der Waals surface area (Å²) >= 11 is 0. The number of hydrogen-bond acceptors (Lipinski definition) is 5. The fourth-order valence-corrected chi connectivity index (χ4v) is 3.64. The van der Waals surface area contributed by atoms with E-state index in [1.165, 1.54) is 7.11 Å². The highest BCUT2D eigenvalue weighted by Crippen LogP contribution is 2.45. The quantitative estimate of drug-likeness (QED) is 0.497. The molecule has 5 nitrogen and oxygen atoms in total. The third kappa shape index (κ3) is 4.25. The van der Waals surface area contributed by atoms with Gasteiger partial charge in [0.05, 0.1) is 30.9 Å². The minimum absolute atomic E-state index is 0.164. The molecule has 30 heavy (non-hydrogen) atoms. The van der Waals surface area contributed by atoms with Crippen molar-refractivity contribution in [1.82, 2.24) is 0 Å². The van der Waals surface area contributed by atoms with Crippen LogP contribution in [0.3, 0.4) is 0 Å². The highest BCUT2D eigenvalue weighted by Gasteiger charge is 2.23. The summed E-state index contributed by atoms with van der Waals surface area (Å²) in [6.07, 6.45) is 0.647. The van der Waals surface area contributed by atoms with Gasteiger partial charge in [0.1, 0.15) is 12.4 Å². The van der Waals surface area contributed by atoms with Gasteiger partial charge in [-0.2, -0.15) is 0 Å². The molecule has 0 aliphatic carbocycles. The van der Waals surface area contributed by atoms with Gasteiger partial charge in [-0.3, -0.25) is 4.79 Å². The molecular weight excluding hydrogens is 378 g/mol. The molecular formula is C25H25NO4. The average Bonchev–Trinajstić information content (AvgIpc) is 2.79. The van der Waals surface area contributed by atoms with Crippen LogP contribution >= 0.6 is 0 Å². The topological polar surface area (TPSA) is 48.0 Å². The summed E-state index contributed by atoms with van der Waals surface area (Å²) in [7, 11) is 1.42. The monoisotopic (exact) mass is 403 g/mol. The molecule has 0 bridgehead atoms. The Morgan fingerprint density at radius 3 is 2.13 bits per heavy atom. The van der Waals surface area contributed by atoms with Crippen molar-refractivity contribution in [3.63, 3.8) is 0 Å². The van der Waals surface area contributed by atoms with E-state index in [-0.39, 0.29) is 11.9 Å². The first-order valence-corrected chi connectivity index (χ1v) is 10.1. The minimum atomic E-state index is -0.193. The molecule has 3 aromatic rings. The van der Waals surface area contributed by atoms with E-state index in [4.69, 9.17) is 14.2 Å². The van der Waals surface area contributed by atoms with Gasteiger partial charge in [-0.05, 0) is 48.4 Å². The van der Waals surface area contributed by atoms with Crippen molar-refractivity contribution in [2.75, 3.05) is 25.2 Å². The fourth-order valence-electron chi connectivity index (χ4n) is 3.64. The molecule has 0 fully saturated rings. The molecule has 4 rings (SSSR count). The van der Waals surface area contributed by atoms with Crippen LogP contribution in [0.4, 0.5) is 11.4 Å². The molecule has 3 aromatic carbocycles. The van der Waals surface area contributed by atoms with Crippen molar-refractivity contribution >= 4 is 17.3 Å². The van der Waals surface area contributed by atoms with E-state index in [1.54, 1.807) is 0 Å². The van der Waals surface area contributed by atoms with Crippen LogP contribution in [0, 0.1) is 5.92 Å². The summed E-state index contributed by atoms with van der Waals surface area (Å²) in [5.41, 5.74) is 3.15. The third-order valence-electron chi connectivity index (χ3n) is 5.18. The van der Waals surface area contributed by atoms with Crippen molar-refractivity contribution in [3.05, 3.63) is 78.4 Å². The van der Waals surface area contributed by atoms with E-state index in [1.807, 2.05) is 67.6 Å². The third-order valence-corrected chi connectivity index (χ3v) is 5.18. The van der Waals surface area contributed by atoms with Crippen LogP contribution in [-0.4, -0.2) is 26.2 Å². The van der Waals surface area contributed by atoms with Crippen LogP contribution in [0.15, 0.2) is 72.8 Å². The lowest BCUT2D eigenvalue weighted by atomic mass is 10.0. The summed E-state index contributed by atoms with van der Waals surface area (Å²) in [5.74, 6) is 2.14. The number of benzene rings is 3. The largest absolute Gasteiger partial charge is 0.492 e. The summed E-state index contributed by atoms with van der Waals surface area (Å²) in [4.78, 5) is 13.8. The Morgan fingerprint density at radius 2 is 1.53 bits per heavy atom. The van der Waals surface area contributed by atoms with Gasteiger partial charge in [0.2, 0.25) is 0 Å². The van der Waals surface area contributed by atoms with Gasteiger partial charge in [0, 0.05) is 0 Å². The molecule has 0 saturated heterocycles. The highest BCUT2D eigenvalue weighted by molar-refractivity contribution is 5.77. The van der Waals surface area contributed by atoms with E-state index >= 15 is 0 Å². The van der Waals surface area contributed by atoms with E-state index in [2.05, 4.69) is 17.0 Å². The summed E-state index contributed by atoms with van der Waals surface area (Å²) < 4.78 is 16.8. The van der Waals surface area contributed by atoms with Crippen LogP contribution in [0.1, 0.15) is 12.5 Å². The summed E-state index contributed by atoms with van der Waals surface area (Å²) in [5, 5.41) is 0. The number of anilines is 2. The normalized spacial score (nSPS) is 12.9. The molecule has 0 N–H and O–H groups in total. The number of para-hydroxylation sites is 4. The van der Waals surface area contributed by atoms with Crippen LogP contribution in [0.2, 0.25) is 0 Å². The lowest BCUT2D eigenvalue weighted by molar-refractivity contribution is -0.144. The minimum Gasteiger partial charge on any atom is -0.492 e. The van der Waals surface area contributed by atoms with E-state index < -0.39 is 0 Å². The number of esters is 1. The number of fused-ring (bicyclic) bond motifs is 2. The lowest BCUT2D eigenvalue weighted by Gasteiger charge is -2.32. The van der Waals surface area contributed by atoms with Crippen molar-refractivity contribution in [2.45, 2.75) is 13.3 Å². The van der Waals surface area contributed by atoms with Crippen LogP contribution in [-0.2, 0) is 16.0 Å². The van der Waals surface area contributed by atoms with Crippen LogP contribution in [0.5, 0.6) is 17.2 Å². The SMILES string of the molecule is COC(=O)C(C)Cc1ccc(OCCN2c3ccccc3Oc3ccccc32)cc1. The van der Waals surface area contributed by atoms with Crippen LogP contribution < -0.4 is 14.4 Å². The maximum atomic E-state index is 11.6. The number of rotatable bonds is 7. The standard InChI is InChI=1S/C25H25NO4/c1-18(25(27)28-2)17-19-11-13-20(14-12-19)29-16-15-26-21-7-3-5-9-23(21)30-24-10-6-4-8-22(24)26/h3-14,18H,15-17H2,1-2H3. The molecule has 0 radical (unpaired) electrons. The van der Waals surface area contributed by atoms with Crippen molar-refractivity contribution < 1.29 is 19.0 Å². The van der Waals surface area contributed by atoms with Gasteiger partial charge in [-0.25, -0.2) is 0 Å². The fraction of sp³-hybridized carbons (Fsp3) is 0.240. The zero-order chi connectivity index (χ0) is 20.9.